The smallest absolute Gasteiger partial charge is 0.355 e. The van der Waals surface area contributed by atoms with Gasteiger partial charge in [-0.25, -0.2) is 4.79 Å². The van der Waals surface area contributed by atoms with Crippen molar-refractivity contribution in [2.45, 2.75) is 11.8 Å². The van der Waals surface area contributed by atoms with Gasteiger partial charge in [-0.3, -0.25) is 9.69 Å². The minimum atomic E-state index is -0.430. The zero-order valence-electron chi connectivity index (χ0n) is 7.23. The van der Waals surface area contributed by atoms with Gasteiger partial charge in [0.25, 0.3) is 0 Å². The molecule has 2 aliphatic rings. The molecular weight excluding hydrogens is 270 g/mol. The summed E-state index contributed by atoms with van der Waals surface area (Å²) in [6.45, 7) is 0. The van der Waals surface area contributed by atoms with Crippen molar-refractivity contribution in [3.05, 3.63) is 11.8 Å². The molecule has 0 spiro atoms. The Labute approximate surface area is 93.8 Å². The van der Waals surface area contributed by atoms with Crippen molar-refractivity contribution in [2.24, 2.45) is 0 Å². The molecule has 1 saturated heterocycles. The van der Waals surface area contributed by atoms with Crippen molar-refractivity contribution in [3.63, 3.8) is 0 Å². The van der Waals surface area contributed by atoms with E-state index in [1.807, 2.05) is 0 Å². The van der Waals surface area contributed by atoms with E-state index in [1.54, 1.807) is 17.8 Å². The molecule has 0 radical (unpaired) electrons. The molecule has 0 unspecified atom stereocenters. The van der Waals surface area contributed by atoms with Crippen molar-refractivity contribution in [1.29, 1.82) is 0 Å². The van der Waals surface area contributed by atoms with Gasteiger partial charge >= 0.3 is 5.97 Å². The zero-order valence-corrected chi connectivity index (χ0v) is 9.64. The van der Waals surface area contributed by atoms with Crippen molar-refractivity contribution < 1.29 is 14.3 Å². The van der Waals surface area contributed by atoms with Crippen LogP contribution in [0, 0.1) is 0 Å². The molecule has 2 heterocycles. The molecule has 0 aromatic heterocycles. The Morgan fingerprint density at radius 3 is 3.21 bits per heavy atom. The van der Waals surface area contributed by atoms with Gasteiger partial charge in [-0.05, 0) is 22.0 Å². The average Bonchev–Trinajstić information content (AvgIpc) is 2.16. The summed E-state index contributed by atoms with van der Waals surface area (Å²) in [4.78, 5) is 24.2. The third-order valence-corrected chi connectivity index (χ3v) is 3.48. The monoisotopic (exact) mass is 277 g/mol. The van der Waals surface area contributed by atoms with Crippen LogP contribution < -0.4 is 0 Å². The van der Waals surface area contributed by atoms with E-state index in [0.717, 1.165) is 5.75 Å². The summed E-state index contributed by atoms with van der Waals surface area (Å²) in [6.07, 6.45) is 2.27. The number of thioether (sulfide) groups is 1. The van der Waals surface area contributed by atoms with Gasteiger partial charge in [0, 0.05) is 5.75 Å². The fourth-order valence-corrected chi connectivity index (χ4v) is 2.78. The Bertz CT molecular complexity index is 318. The van der Waals surface area contributed by atoms with Gasteiger partial charge in [0.1, 0.15) is 11.2 Å². The van der Waals surface area contributed by atoms with Crippen LogP contribution in [0.15, 0.2) is 11.8 Å². The first-order valence-electron chi connectivity index (χ1n) is 4.11. The molecule has 0 aliphatic carbocycles. The lowest BCUT2D eigenvalue weighted by Crippen LogP contribution is -2.53. The maximum absolute atomic E-state index is 11.4. The van der Waals surface area contributed by atoms with Crippen LogP contribution in [0.3, 0.4) is 0 Å². The maximum Gasteiger partial charge on any atom is 0.355 e. The Balaban J connectivity index is 2.13. The van der Waals surface area contributed by atoms with E-state index in [9.17, 15) is 9.59 Å². The zero-order chi connectivity index (χ0) is 10.1. The molecule has 2 aliphatic heterocycles. The number of hydrogen-bond donors (Lipinski definition) is 0. The van der Waals surface area contributed by atoms with Crippen LogP contribution in [0.2, 0.25) is 0 Å². The second-order valence-electron chi connectivity index (χ2n) is 2.89. The predicted octanol–water partition coefficient (Wildman–Crippen LogP) is 1.07. The summed E-state index contributed by atoms with van der Waals surface area (Å²) in [6, 6.07) is 0. The first kappa shape index (κ1) is 10.0. The number of amides is 1. The highest BCUT2D eigenvalue weighted by atomic mass is 79.9. The van der Waals surface area contributed by atoms with Gasteiger partial charge in [-0.1, -0.05) is 0 Å². The molecule has 1 fully saturated rings. The van der Waals surface area contributed by atoms with E-state index in [0.29, 0.717) is 12.1 Å². The quantitative estimate of drug-likeness (QED) is 0.430. The topological polar surface area (TPSA) is 46.6 Å². The van der Waals surface area contributed by atoms with Crippen LogP contribution >= 0.6 is 27.7 Å². The first-order chi connectivity index (χ1) is 6.74. The van der Waals surface area contributed by atoms with Crippen molar-refractivity contribution in [3.8, 4) is 0 Å². The lowest BCUT2D eigenvalue weighted by atomic mass is 10.1. The molecule has 0 aromatic carbocycles. The molecule has 0 N–H and O–H groups in total. The highest BCUT2D eigenvalue weighted by molar-refractivity contribution is 9.09. The molecular formula is C8H8BrNO3S. The van der Waals surface area contributed by atoms with Gasteiger partial charge in [-0.2, -0.15) is 0 Å². The van der Waals surface area contributed by atoms with E-state index < -0.39 is 5.97 Å². The van der Waals surface area contributed by atoms with Gasteiger partial charge in [0.05, 0.1) is 11.8 Å². The minimum absolute atomic E-state index is 0.0000255. The molecule has 1 atom stereocenters. The lowest BCUT2D eigenvalue weighted by Gasteiger charge is -2.42. The summed E-state index contributed by atoms with van der Waals surface area (Å²) in [5, 5.41) is 0.144. The van der Waals surface area contributed by atoms with Gasteiger partial charge in [-0.15, -0.1) is 11.8 Å². The van der Waals surface area contributed by atoms with Crippen molar-refractivity contribution in [1.82, 2.24) is 4.90 Å². The molecule has 1 amide bonds. The van der Waals surface area contributed by atoms with E-state index in [2.05, 4.69) is 15.9 Å². The highest BCUT2D eigenvalue weighted by Gasteiger charge is 2.43. The molecule has 0 bridgehead atoms. The summed E-state index contributed by atoms with van der Waals surface area (Å²) in [5.41, 5.74) is 0.549. The Hall–Kier alpha value is -0.490. The fourth-order valence-electron chi connectivity index (χ4n) is 1.45. The van der Waals surface area contributed by atoms with E-state index in [1.165, 1.54) is 4.90 Å². The SMILES string of the molecule is O=C(OCBr)C1=CCS[C@@H]2CC(=O)N12. The molecule has 4 nitrogen and oxygen atoms in total. The number of esters is 1. The Kier molecular flexibility index (Phi) is 2.83. The molecule has 0 saturated carbocycles. The number of alkyl halides is 1. The second-order valence-corrected chi connectivity index (χ2v) is 4.55. The number of nitrogens with zero attached hydrogens (tertiary/aromatic N) is 1. The summed E-state index contributed by atoms with van der Waals surface area (Å²) in [5.74, 6) is 0.335. The number of carbonyl (C=O) groups is 2. The summed E-state index contributed by atoms with van der Waals surface area (Å²) in [7, 11) is 0. The third kappa shape index (κ3) is 1.56. The second kappa shape index (κ2) is 3.94. The molecule has 2 rings (SSSR count). The largest absolute Gasteiger partial charge is 0.449 e. The Morgan fingerprint density at radius 1 is 1.79 bits per heavy atom. The van der Waals surface area contributed by atoms with E-state index in [-0.39, 0.29) is 16.8 Å². The normalized spacial score (nSPS) is 24.9. The van der Waals surface area contributed by atoms with Gasteiger partial charge < -0.3 is 4.74 Å². The van der Waals surface area contributed by atoms with E-state index >= 15 is 0 Å². The number of fused-ring (bicyclic) bond motifs is 1. The number of rotatable bonds is 2. The van der Waals surface area contributed by atoms with Gasteiger partial charge in [0.15, 0.2) is 0 Å². The van der Waals surface area contributed by atoms with Crippen molar-refractivity contribution >= 4 is 39.6 Å². The maximum atomic E-state index is 11.4. The Morgan fingerprint density at radius 2 is 2.57 bits per heavy atom. The number of carbonyl (C=O) groups excluding carboxylic acids is 2. The lowest BCUT2D eigenvalue weighted by molar-refractivity contribution is -0.147. The minimum Gasteiger partial charge on any atom is -0.449 e. The van der Waals surface area contributed by atoms with Crippen LogP contribution in [-0.4, -0.2) is 33.4 Å². The number of halogens is 1. The fraction of sp³-hybridized carbons (Fsp3) is 0.500. The number of hydrogen-bond acceptors (Lipinski definition) is 4. The molecule has 76 valence electrons. The molecule has 0 aromatic rings. The molecule has 6 heteroatoms. The highest BCUT2D eigenvalue weighted by Crippen LogP contribution is 2.37. The first-order valence-corrected chi connectivity index (χ1v) is 6.28. The van der Waals surface area contributed by atoms with Crippen LogP contribution in [0.4, 0.5) is 0 Å². The average molecular weight is 278 g/mol. The molecule has 14 heavy (non-hydrogen) atoms. The third-order valence-electron chi connectivity index (χ3n) is 2.13. The van der Waals surface area contributed by atoms with Crippen molar-refractivity contribution in [2.75, 3.05) is 11.3 Å². The summed E-state index contributed by atoms with van der Waals surface area (Å²) >= 11 is 4.67. The summed E-state index contributed by atoms with van der Waals surface area (Å²) < 4.78 is 4.79. The standard InChI is InChI=1S/C8H8BrNO3S/c9-4-13-8(12)5-1-2-14-7-3-6(11)10(5)7/h1,7H,2-4H2/t7-/m1/s1. The number of ether oxygens (including phenoxy) is 1. The van der Waals surface area contributed by atoms with Gasteiger partial charge in [0.2, 0.25) is 5.91 Å². The van der Waals surface area contributed by atoms with Crippen LogP contribution in [0.25, 0.3) is 0 Å². The van der Waals surface area contributed by atoms with Crippen LogP contribution in [0.1, 0.15) is 6.42 Å². The van der Waals surface area contributed by atoms with Crippen LogP contribution in [-0.2, 0) is 14.3 Å². The number of β-lactam (4-membered cyclic amide) rings is 1. The van der Waals surface area contributed by atoms with Crippen LogP contribution in [0.5, 0.6) is 0 Å². The van der Waals surface area contributed by atoms with E-state index in [4.69, 9.17) is 4.74 Å². The predicted molar refractivity (Wildman–Crippen MR) is 55.7 cm³/mol.